The fraction of sp³-hybridized carbons (Fsp3) is 0.500. The van der Waals surface area contributed by atoms with Gasteiger partial charge in [-0.25, -0.2) is 18.0 Å². The van der Waals surface area contributed by atoms with Crippen LogP contribution < -0.4 is 5.32 Å². The zero-order valence-electron chi connectivity index (χ0n) is 11.7. The molecule has 0 atom stereocenters. The predicted octanol–water partition coefficient (Wildman–Crippen LogP) is 3.14. The summed E-state index contributed by atoms with van der Waals surface area (Å²) in [5.74, 6) is -3.92. The van der Waals surface area contributed by atoms with Crippen LogP contribution in [0.1, 0.15) is 19.8 Å². The highest BCUT2D eigenvalue weighted by Gasteiger charge is 2.23. The van der Waals surface area contributed by atoms with Crippen LogP contribution in [0.15, 0.2) is 12.1 Å². The van der Waals surface area contributed by atoms with E-state index in [9.17, 15) is 18.0 Å². The fourth-order valence-electron chi connectivity index (χ4n) is 2.30. The van der Waals surface area contributed by atoms with Gasteiger partial charge in [-0.05, 0) is 19.8 Å². The van der Waals surface area contributed by atoms with Gasteiger partial charge >= 0.3 is 6.09 Å². The zero-order valence-corrected chi connectivity index (χ0v) is 11.7. The van der Waals surface area contributed by atoms with Crippen molar-refractivity contribution in [3.05, 3.63) is 29.6 Å². The third-order valence-corrected chi connectivity index (χ3v) is 3.38. The number of rotatable bonds is 3. The molecule has 1 heterocycles. The summed E-state index contributed by atoms with van der Waals surface area (Å²) < 4.78 is 44.0. The number of hydrogen-bond donors (Lipinski definition) is 1. The zero-order chi connectivity index (χ0) is 15.4. The molecule has 1 aliphatic heterocycles. The second-order valence-corrected chi connectivity index (χ2v) is 4.86. The van der Waals surface area contributed by atoms with Crippen LogP contribution in [0.5, 0.6) is 0 Å². The van der Waals surface area contributed by atoms with Gasteiger partial charge in [0.25, 0.3) is 0 Å². The van der Waals surface area contributed by atoms with Crippen LogP contribution in [-0.4, -0.2) is 36.7 Å². The first-order valence-corrected chi connectivity index (χ1v) is 6.84. The maximum absolute atomic E-state index is 13.1. The number of benzene rings is 1. The SMILES string of the molecule is CCOC(=O)N1CCC(Nc2cc(F)c(F)c(F)c2)CC1. The summed E-state index contributed by atoms with van der Waals surface area (Å²) in [5.41, 5.74) is 0.195. The number of amides is 1. The molecular formula is C14H17F3N2O2. The van der Waals surface area contributed by atoms with E-state index in [-0.39, 0.29) is 17.8 Å². The first-order valence-electron chi connectivity index (χ1n) is 6.84. The van der Waals surface area contributed by atoms with Crippen LogP contribution in [0, 0.1) is 17.5 Å². The monoisotopic (exact) mass is 302 g/mol. The van der Waals surface area contributed by atoms with E-state index in [4.69, 9.17) is 4.74 Å². The summed E-state index contributed by atoms with van der Waals surface area (Å²) in [7, 11) is 0. The largest absolute Gasteiger partial charge is 0.450 e. The highest BCUT2D eigenvalue weighted by Crippen LogP contribution is 2.21. The fourth-order valence-corrected chi connectivity index (χ4v) is 2.30. The Labute approximate surface area is 120 Å². The molecule has 0 radical (unpaired) electrons. The van der Waals surface area contributed by atoms with Crippen LogP contribution in [0.2, 0.25) is 0 Å². The van der Waals surface area contributed by atoms with Crippen molar-refractivity contribution in [1.29, 1.82) is 0 Å². The summed E-state index contributed by atoms with van der Waals surface area (Å²) in [6.07, 6.45) is 0.897. The van der Waals surface area contributed by atoms with E-state index >= 15 is 0 Å². The van der Waals surface area contributed by atoms with Crippen molar-refractivity contribution in [2.75, 3.05) is 25.0 Å². The summed E-state index contributed by atoms with van der Waals surface area (Å²) >= 11 is 0. The van der Waals surface area contributed by atoms with E-state index < -0.39 is 17.5 Å². The van der Waals surface area contributed by atoms with Crippen LogP contribution >= 0.6 is 0 Å². The molecule has 0 aromatic heterocycles. The Morgan fingerprint density at radius 1 is 1.29 bits per heavy atom. The molecule has 0 spiro atoms. The second kappa shape index (κ2) is 6.69. The van der Waals surface area contributed by atoms with Crippen LogP contribution in [-0.2, 0) is 4.74 Å². The topological polar surface area (TPSA) is 41.6 Å². The van der Waals surface area contributed by atoms with E-state index in [1.807, 2.05) is 0 Å². The van der Waals surface area contributed by atoms with Gasteiger partial charge in [0.05, 0.1) is 6.61 Å². The van der Waals surface area contributed by atoms with E-state index in [1.54, 1.807) is 11.8 Å². The quantitative estimate of drug-likeness (QED) is 0.872. The average molecular weight is 302 g/mol. The number of halogens is 3. The maximum atomic E-state index is 13.1. The lowest BCUT2D eigenvalue weighted by molar-refractivity contribution is 0.0983. The van der Waals surface area contributed by atoms with Gasteiger partial charge in [-0.1, -0.05) is 0 Å². The van der Waals surface area contributed by atoms with Crippen LogP contribution in [0.3, 0.4) is 0 Å². The molecule has 1 saturated heterocycles. The van der Waals surface area contributed by atoms with Crippen molar-refractivity contribution >= 4 is 11.8 Å². The number of anilines is 1. The van der Waals surface area contributed by atoms with Crippen molar-refractivity contribution in [3.8, 4) is 0 Å². The minimum atomic E-state index is -1.47. The number of nitrogens with one attached hydrogen (secondary N) is 1. The van der Waals surface area contributed by atoms with Gasteiger partial charge < -0.3 is 15.0 Å². The number of carbonyl (C=O) groups is 1. The molecule has 0 saturated carbocycles. The van der Waals surface area contributed by atoms with Crippen LogP contribution in [0.25, 0.3) is 0 Å². The molecule has 0 aliphatic carbocycles. The molecule has 1 N–H and O–H groups in total. The molecule has 1 aromatic rings. The second-order valence-electron chi connectivity index (χ2n) is 4.86. The number of hydrogen-bond acceptors (Lipinski definition) is 3. The first kappa shape index (κ1) is 15.5. The molecule has 0 bridgehead atoms. The number of carbonyl (C=O) groups excluding carboxylic acids is 1. The van der Waals surface area contributed by atoms with Crippen molar-refractivity contribution < 1.29 is 22.7 Å². The highest BCUT2D eigenvalue weighted by molar-refractivity contribution is 5.67. The summed E-state index contributed by atoms with van der Waals surface area (Å²) in [6.45, 7) is 3.07. The normalized spacial score (nSPS) is 15.9. The van der Waals surface area contributed by atoms with Crippen molar-refractivity contribution in [2.24, 2.45) is 0 Å². The number of piperidine rings is 1. The predicted molar refractivity (Wildman–Crippen MR) is 71.6 cm³/mol. The van der Waals surface area contributed by atoms with E-state index in [0.29, 0.717) is 32.5 Å². The van der Waals surface area contributed by atoms with Gasteiger partial charge in [-0.3, -0.25) is 0 Å². The summed E-state index contributed by atoms with van der Waals surface area (Å²) in [4.78, 5) is 13.1. The lowest BCUT2D eigenvalue weighted by Gasteiger charge is -2.32. The Hall–Kier alpha value is -1.92. The van der Waals surface area contributed by atoms with Gasteiger partial charge in [0.2, 0.25) is 0 Å². The Balaban J connectivity index is 1.90. The molecule has 1 aromatic carbocycles. The molecule has 7 heteroatoms. The molecule has 1 amide bonds. The van der Waals surface area contributed by atoms with Gasteiger partial charge in [0.15, 0.2) is 17.5 Å². The third-order valence-electron chi connectivity index (χ3n) is 3.38. The average Bonchev–Trinajstić information content (AvgIpc) is 2.45. The molecule has 116 valence electrons. The maximum Gasteiger partial charge on any atom is 0.409 e. The molecular weight excluding hydrogens is 285 g/mol. The third kappa shape index (κ3) is 3.80. The van der Waals surface area contributed by atoms with E-state index in [0.717, 1.165) is 12.1 Å². The smallest absolute Gasteiger partial charge is 0.409 e. The highest BCUT2D eigenvalue weighted by atomic mass is 19.2. The van der Waals surface area contributed by atoms with Gasteiger partial charge in [-0.15, -0.1) is 0 Å². The van der Waals surface area contributed by atoms with Crippen LogP contribution in [0.4, 0.5) is 23.7 Å². The Kier molecular flexibility index (Phi) is 4.93. The number of nitrogens with zero attached hydrogens (tertiary/aromatic N) is 1. The Bertz CT molecular complexity index is 494. The molecule has 2 rings (SSSR count). The molecule has 1 fully saturated rings. The van der Waals surface area contributed by atoms with Gasteiger partial charge in [0, 0.05) is 37.0 Å². The van der Waals surface area contributed by atoms with E-state index in [2.05, 4.69) is 5.32 Å². The Morgan fingerprint density at radius 3 is 2.38 bits per heavy atom. The number of likely N-dealkylation sites (tertiary alicyclic amines) is 1. The molecule has 21 heavy (non-hydrogen) atoms. The van der Waals surface area contributed by atoms with Gasteiger partial charge in [0.1, 0.15) is 0 Å². The molecule has 0 unspecified atom stereocenters. The first-order chi connectivity index (χ1) is 10.0. The lowest BCUT2D eigenvalue weighted by Crippen LogP contribution is -2.42. The van der Waals surface area contributed by atoms with Crippen molar-refractivity contribution in [2.45, 2.75) is 25.8 Å². The molecule has 4 nitrogen and oxygen atoms in total. The number of ether oxygens (including phenoxy) is 1. The van der Waals surface area contributed by atoms with E-state index in [1.165, 1.54) is 0 Å². The van der Waals surface area contributed by atoms with Gasteiger partial charge in [-0.2, -0.15) is 0 Å². The lowest BCUT2D eigenvalue weighted by atomic mass is 10.0. The van der Waals surface area contributed by atoms with Crippen molar-refractivity contribution in [3.63, 3.8) is 0 Å². The Morgan fingerprint density at radius 2 is 1.86 bits per heavy atom. The minimum Gasteiger partial charge on any atom is -0.450 e. The minimum absolute atomic E-state index is 0.0278. The standard InChI is InChI=1S/C14H17F3N2O2/c1-2-21-14(20)19-5-3-9(4-6-19)18-10-7-11(15)13(17)12(16)8-10/h7-9,18H,2-6H2,1H3. The summed E-state index contributed by atoms with van der Waals surface area (Å²) in [5, 5.41) is 2.96. The summed E-state index contributed by atoms with van der Waals surface area (Å²) in [6, 6.07) is 1.83. The van der Waals surface area contributed by atoms with Crippen molar-refractivity contribution in [1.82, 2.24) is 4.90 Å². The molecule has 1 aliphatic rings.